The number of nitrogen functional groups attached to an aromatic ring is 1. The number of aliphatic hydroxyl groups is 2. The molecule has 0 saturated heterocycles. The lowest BCUT2D eigenvalue weighted by molar-refractivity contribution is -0.131. The molecule has 0 spiro atoms. The molecule has 0 aliphatic heterocycles. The number of aromatic nitrogens is 1. The monoisotopic (exact) mass is 197 g/mol. The van der Waals surface area contributed by atoms with Gasteiger partial charge >= 0.3 is 0 Å². The Labute approximate surface area is 80.2 Å². The van der Waals surface area contributed by atoms with Crippen LogP contribution in [-0.2, 0) is 4.79 Å². The van der Waals surface area contributed by atoms with E-state index in [0.29, 0.717) is 5.56 Å². The Morgan fingerprint density at radius 3 is 2.64 bits per heavy atom. The normalized spacial score (nSPS) is 14.7. The van der Waals surface area contributed by atoms with Gasteiger partial charge in [0.1, 0.15) is 11.9 Å². The summed E-state index contributed by atoms with van der Waals surface area (Å²) >= 11 is 0. The first-order valence-electron chi connectivity index (χ1n) is 3.89. The maximum absolute atomic E-state index is 10.6. The molecule has 6 N–H and O–H groups in total. The molecule has 0 aliphatic rings. The average Bonchev–Trinajstić information content (AvgIpc) is 2.15. The number of primary amides is 1. The predicted molar refractivity (Wildman–Crippen MR) is 48.8 cm³/mol. The molecule has 1 aromatic rings. The van der Waals surface area contributed by atoms with Gasteiger partial charge in [0.05, 0.1) is 0 Å². The van der Waals surface area contributed by atoms with E-state index >= 15 is 0 Å². The first-order chi connectivity index (χ1) is 6.52. The molecule has 6 heteroatoms. The lowest BCUT2D eigenvalue weighted by Crippen LogP contribution is -2.33. The highest BCUT2D eigenvalue weighted by molar-refractivity contribution is 5.79. The molecular formula is C8H11N3O3. The Hall–Kier alpha value is -1.66. The van der Waals surface area contributed by atoms with Gasteiger partial charge in [0.25, 0.3) is 0 Å². The SMILES string of the molecule is NC(=O)C(O)C(O)c1ccnc(N)c1. The number of aliphatic hydroxyl groups excluding tert-OH is 2. The van der Waals surface area contributed by atoms with Gasteiger partial charge in [-0.25, -0.2) is 4.98 Å². The van der Waals surface area contributed by atoms with Gasteiger partial charge in [-0.3, -0.25) is 4.79 Å². The molecule has 0 radical (unpaired) electrons. The topological polar surface area (TPSA) is 122 Å². The van der Waals surface area contributed by atoms with E-state index < -0.39 is 18.1 Å². The second-order valence-corrected chi connectivity index (χ2v) is 2.81. The number of hydrogen-bond acceptors (Lipinski definition) is 5. The molecule has 1 rings (SSSR count). The Morgan fingerprint density at radius 1 is 1.50 bits per heavy atom. The molecule has 1 aromatic heterocycles. The molecule has 0 bridgehead atoms. The van der Waals surface area contributed by atoms with Gasteiger partial charge in [0, 0.05) is 6.20 Å². The molecule has 0 saturated carbocycles. The van der Waals surface area contributed by atoms with Crippen molar-refractivity contribution in [2.45, 2.75) is 12.2 Å². The highest BCUT2D eigenvalue weighted by Gasteiger charge is 2.23. The zero-order valence-electron chi connectivity index (χ0n) is 7.29. The third kappa shape index (κ3) is 2.18. The van der Waals surface area contributed by atoms with E-state index in [0.717, 1.165) is 0 Å². The summed E-state index contributed by atoms with van der Waals surface area (Å²) in [5.74, 6) is -0.800. The zero-order chi connectivity index (χ0) is 10.7. The summed E-state index contributed by atoms with van der Waals surface area (Å²) in [5, 5.41) is 18.6. The van der Waals surface area contributed by atoms with E-state index in [1.165, 1.54) is 18.3 Å². The van der Waals surface area contributed by atoms with E-state index in [1.54, 1.807) is 0 Å². The van der Waals surface area contributed by atoms with E-state index in [9.17, 15) is 9.90 Å². The third-order valence-corrected chi connectivity index (χ3v) is 1.74. The Kier molecular flexibility index (Phi) is 3.00. The van der Waals surface area contributed by atoms with Crippen molar-refractivity contribution >= 4 is 11.7 Å². The van der Waals surface area contributed by atoms with Gasteiger partial charge in [-0.2, -0.15) is 0 Å². The fourth-order valence-electron chi connectivity index (χ4n) is 0.987. The van der Waals surface area contributed by atoms with E-state index in [1.807, 2.05) is 0 Å². The maximum atomic E-state index is 10.6. The number of anilines is 1. The quantitative estimate of drug-likeness (QED) is 0.471. The summed E-state index contributed by atoms with van der Waals surface area (Å²) in [6.45, 7) is 0. The average molecular weight is 197 g/mol. The van der Waals surface area contributed by atoms with Crippen LogP contribution in [0.1, 0.15) is 11.7 Å². The van der Waals surface area contributed by atoms with Gasteiger partial charge in [0.15, 0.2) is 6.10 Å². The minimum absolute atomic E-state index is 0.193. The molecule has 2 unspecified atom stereocenters. The second-order valence-electron chi connectivity index (χ2n) is 2.81. The van der Waals surface area contributed by atoms with Gasteiger partial charge in [-0.15, -0.1) is 0 Å². The van der Waals surface area contributed by atoms with Crippen molar-refractivity contribution in [1.29, 1.82) is 0 Å². The van der Waals surface area contributed by atoms with Crippen LogP contribution in [0.5, 0.6) is 0 Å². The maximum Gasteiger partial charge on any atom is 0.249 e. The molecule has 0 aromatic carbocycles. The van der Waals surface area contributed by atoms with Gasteiger partial charge in [-0.1, -0.05) is 0 Å². The molecule has 76 valence electrons. The van der Waals surface area contributed by atoms with Crippen LogP contribution in [0.2, 0.25) is 0 Å². The first kappa shape index (κ1) is 10.4. The van der Waals surface area contributed by atoms with E-state index in [4.69, 9.17) is 16.6 Å². The lowest BCUT2D eigenvalue weighted by Gasteiger charge is -2.14. The first-order valence-corrected chi connectivity index (χ1v) is 3.89. The Bertz CT molecular complexity index is 342. The van der Waals surface area contributed by atoms with Crippen molar-refractivity contribution in [2.75, 3.05) is 5.73 Å². The minimum Gasteiger partial charge on any atom is -0.385 e. The summed E-state index contributed by atoms with van der Waals surface area (Å²) < 4.78 is 0. The van der Waals surface area contributed by atoms with Gasteiger partial charge in [-0.05, 0) is 17.7 Å². The smallest absolute Gasteiger partial charge is 0.249 e. The van der Waals surface area contributed by atoms with Crippen LogP contribution < -0.4 is 11.5 Å². The van der Waals surface area contributed by atoms with Crippen molar-refractivity contribution < 1.29 is 15.0 Å². The summed E-state index contributed by atoms with van der Waals surface area (Å²) in [6, 6.07) is 2.80. The van der Waals surface area contributed by atoms with Gasteiger partial charge < -0.3 is 21.7 Å². The molecule has 0 fully saturated rings. The number of nitrogens with two attached hydrogens (primary N) is 2. The largest absolute Gasteiger partial charge is 0.385 e. The summed E-state index contributed by atoms with van der Waals surface area (Å²) in [7, 11) is 0. The third-order valence-electron chi connectivity index (χ3n) is 1.74. The number of rotatable bonds is 3. The van der Waals surface area contributed by atoms with Crippen LogP contribution in [0.25, 0.3) is 0 Å². The van der Waals surface area contributed by atoms with Crippen molar-refractivity contribution in [3.05, 3.63) is 23.9 Å². The van der Waals surface area contributed by atoms with E-state index in [2.05, 4.69) is 4.98 Å². The summed E-state index contributed by atoms with van der Waals surface area (Å²) in [6.07, 6.45) is -1.66. The molecule has 0 aliphatic carbocycles. The molecule has 1 heterocycles. The van der Waals surface area contributed by atoms with Crippen molar-refractivity contribution in [1.82, 2.24) is 4.98 Å². The predicted octanol–water partition coefficient (Wildman–Crippen LogP) is -1.46. The van der Waals surface area contributed by atoms with Crippen LogP contribution in [-0.4, -0.2) is 27.2 Å². The standard InChI is InChI=1S/C8H11N3O3/c9-5-3-4(1-2-11-5)6(12)7(13)8(10)14/h1-3,6-7,12-13H,(H2,9,11)(H2,10,14). The number of carbonyl (C=O) groups excluding carboxylic acids is 1. The van der Waals surface area contributed by atoms with Crippen LogP contribution in [0, 0.1) is 0 Å². The zero-order valence-corrected chi connectivity index (χ0v) is 7.29. The van der Waals surface area contributed by atoms with Crippen LogP contribution in [0.3, 0.4) is 0 Å². The number of pyridine rings is 1. The lowest BCUT2D eigenvalue weighted by atomic mass is 10.1. The fraction of sp³-hybridized carbons (Fsp3) is 0.250. The molecule has 6 nitrogen and oxygen atoms in total. The Balaban J connectivity index is 2.89. The Morgan fingerprint density at radius 2 is 2.14 bits per heavy atom. The number of carbonyl (C=O) groups is 1. The summed E-state index contributed by atoms with van der Waals surface area (Å²) in [5.41, 5.74) is 10.5. The van der Waals surface area contributed by atoms with Crippen LogP contribution >= 0.6 is 0 Å². The molecule has 1 amide bonds. The molecular weight excluding hydrogens is 186 g/mol. The molecule has 2 atom stereocenters. The second kappa shape index (κ2) is 4.03. The van der Waals surface area contributed by atoms with Crippen LogP contribution in [0.15, 0.2) is 18.3 Å². The van der Waals surface area contributed by atoms with Crippen LogP contribution in [0.4, 0.5) is 5.82 Å². The highest BCUT2D eigenvalue weighted by Crippen LogP contribution is 2.17. The minimum atomic E-state index is -1.64. The number of hydrogen-bond donors (Lipinski definition) is 4. The highest BCUT2D eigenvalue weighted by atomic mass is 16.3. The fourth-order valence-corrected chi connectivity index (χ4v) is 0.987. The molecule has 14 heavy (non-hydrogen) atoms. The van der Waals surface area contributed by atoms with Crippen molar-refractivity contribution in [3.63, 3.8) is 0 Å². The van der Waals surface area contributed by atoms with Crippen molar-refractivity contribution in [2.24, 2.45) is 5.73 Å². The number of nitrogens with zero attached hydrogens (tertiary/aromatic N) is 1. The number of amides is 1. The summed E-state index contributed by atoms with van der Waals surface area (Å²) in [4.78, 5) is 14.3. The van der Waals surface area contributed by atoms with E-state index in [-0.39, 0.29) is 5.82 Å². The van der Waals surface area contributed by atoms with Crippen molar-refractivity contribution in [3.8, 4) is 0 Å². The van der Waals surface area contributed by atoms with Gasteiger partial charge in [0.2, 0.25) is 5.91 Å².